The van der Waals surface area contributed by atoms with Crippen LogP contribution in [0.25, 0.3) is 0 Å². The normalized spacial score (nSPS) is 14.3. The van der Waals surface area contributed by atoms with Gasteiger partial charge in [-0.15, -0.1) is 0 Å². The van der Waals surface area contributed by atoms with E-state index in [2.05, 4.69) is 0 Å². The summed E-state index contributed by atoms with van der Waals surface area (Å²) in [7, 11) is 1.59. The summed E-state index contributed by atoms with van der Waals surface area (Å²) in [5.41, 5.74) is 1.85. The molecule has 1 amide bonds. The van der Waals surface area contributed by atoms with E-state index in [1.165, 1.54) is 0 Å². The first-order valence-electron chi connectivity index (χ1n) is 4.84. The zero-order valence-electron chi connectivity index (χ0n) is 8.56. The van der Waals surface area contributed by atoms with Gasteiger partial charge in [0.2, 0.25) is 5.91 Å². The van der Waals surface area contributed by atoms with Gasteiger partial charge in [-0.05, 0) is 11.6 Å². The van der Waals surface area contributed by atoms with Gasteiger partial charge in [-0.2, -0.15) is 0 Å². The second kappa shape index (κ2) is 3.90. The molecule has 0 saturated heterocycles. The first-order valence-corrected chi connectivity index (χ1v) is 4.84. The topological polar surface area (TPSA) is 49.8 Å². The second-order valence-corrected chi connectivity index (χ2v) is 3.44. The van der Waals surface area contributed by atoms with Crippen LogP contribution in [0, 0.1) is 0 Å². The van der Waals surface area contributed by atoms with Gasteiger partial charge in [-0.1, -0.05) is 6.07 Å². The van der Waals surface area contributed by atoms with Gasteiger partial charge >= 0.3 is 0 Å². The minimum atomic E-state index is -0.0254. The number of methoxy groups -OCH3 is 1. The number of carbonyl (C=O) groups excluding carboxylic acids is 1. The predicted octanol–water partition coefficient (Wildman–Crippen LogP) is 0.577. The van der Waals surface area contributed by atoms with Crippen molar-refractivity contribution in [3.8, 4) is 5.75 Å². The molecule has 0 bridgehead atoms. The minimum absolute atomic E-state index is 0.0254. The van der Waals surface area contributed by atoms with E-state index in [4.69, 9.17) is 9.84 Å². The first kappa shape index (κ1) is 9.98. The van der Waals surface area contributed by atoms with Gasteiger partial charge in [-0.3, -0.25) is 4.79 Å². The Morgan fingerprint density at radius 1 is 1.53 bits per heavy atom. The molecule has 0 unspecified atom stereocenters. The van der Waals surface area contributed by atoms with Crippen molar-refractivity contribution in [3.05, 3.63) is 23.8 Å². The quantitative estimate of drug-likeness (QED) is 0.788. The van der Waals surface area contributed by atoms with E-state index in [-0.39, 0.29) is 12.5 Å². The Labute approximate surface area is 88.1 Å². The number of fused-ring (bicyclic) bond motifs is 1. The standard InChI is InChI=1S/C11H13NO3/c1-15-9-3-2-8-6-11(14)12(4-5-13)10(8)7-9/h2-3,7,13H,4-6H2,1H3. The molecule has 0 aromatic heterocycles. The van der Waals surface area contributed by atoms with E-state index in [9.17, 15) is 4.79 Å². The molecule has 4 nitrogen and oxygen atoms in total. The average molecular weight is 207 g/mol. The van der Waals surface area contributed by atoms with Crippen LogP contribution in [0.1, 0.15) is 5.56 Å². The van der Waals surface area contributed by atoms with Crippen LogP contribution in [0.5, 0.6) is 5.75 Å². The zero-order valence-corrected chi connectivity index (χ0v) is 8.56. The predicted molar refractivity (Wildman–Crippen MR) is 56.1 cm³/mol. The number of ether oxygens (including phenoxy) is 1. The number of aliphatic hydroxyl groups excluding tert-OH is 1. The molecule has 2 rings (SSSR count). The summed E-state index contributed by atoms with van der Waals surface area (Å²) >= 11 is 0. The van der Waals surface area contributed by atoms with Crippen LogP contribution < -0.4 is 9.64 Å². The molecule has 0 spiro atoms. The number of benzene rings is 1. The fourth-order valence-corrected chi connectivity index (χ4v) is 1.81. The Morgan fingerprint density at radius 2 is 2.33 bits per heavy atom. The van der Waals surface area contributed by atoms with Crippen molar-refractivity contribution in [2.24, 2.45) is 0 Å². The highest BCUT2D eigenvalue weighted by molar-refractivity contribution is 6.01. The third-order valence-electron chi connectivity index (χ3n) is 2.55. The molecule has 15 heavy (non-hydrogen) atoms. The maximum atomic E-state index is 11.6. The summed E-state index contributed by atoms with van der Waals surface area (Å²) < 4.78 is 5.10. The number of anilines is 1. The number of hydrogen-bond acceptors (Lipinski definition) is 3. The molecule has 1 aliphatic rings. The largest absolute Gasteiger partial charge is 0.497 e. The monoisotopic (exact) mass is 207 g/mol. The molecule has 1 aromatic rings. The molecule has 0 fully saturated rings. The summed E-state index contributed by atoms with van der Waals surface area (Å²) in [6, 6.07) is 5.56. The van der Waals surface area contributed by atoms with Crippen molar-refractivity contribution in [2.75, 3.05) is 25.2 Å². The van der Waals surface area contributed by atoms with Gasteiger partial charge in [0.1, 0.15) is 5.75 Å². The molecule has 1 N–H and O–H groups in total. The van der Waals surface area contributed by atoms with Crippen molar-refractivity contribution < 1.29 is 14.6 Å². The average Bonchev–Trinajstić information content (AvgIpc) is 2.55. The lowest BCUT2D eigenvalue weighted by atomic mass is 10.1. The number of carbonyl (C=O) groups is 1. The second-order valence-electron chi connectivity index (χ2n) is 3.44. The van der Waals surface area contributed by atoms with Crippen molar-refractivity contribution in [3.63, 3.8) is 0 Å². The van der Waals surface area contributed by atoms with Crippen molar-refractivity contribution >= 4 is 11.6 Å². The first-order chi connectivity index (χ1) is 7.26. The van der Waals surface area contributed by atoms with Gasteiger partial charge in [0.15, 0.2) is 0 Å². The van der Waals surface area contributed by atoms with E-state index in [0.29, 0.717) is 13.0 Å². The fraction of sp³-hybridized carbons (Fsp3) is 0.364. The molecule has 0 aliphatic carbocycles. The molecule has 1 aliphatic heterocycles. The Balaban J connectivity index is 2.37. The summed E-state index contributed by atoms with van der Waals surface area (Å²) in [5.74, 6) is 0.763. The highest BCUT2D eigenvalue weighted by atomic mass is 16.5. The van der Waals surface area contributed by atoms with Gasteiger partial charge in [-0.25, -0.2) is 0 Å². The van der Waals surface area contributed by atoms with E-state index in [0.717, 1.165) is 17.0 Å². The molecule has 0 atom stereocenters. The molecular formula is C11H13NO3. The minimum Gasteiger partial charge on any atom is -0.497 e. The Morgan fingerprint density at radius 3 is 3.00 bits per heavy atom. The lowest BCUT2D eigenvalue weighted by Gasteiger charge is -2.16. The number of β-amino-alcohol motifs (C(OH)–C–C–N with tert-alkyl or cyclic N) is 1. The van der Waals surface area contributed by atoms with Gasteiger partial charge in [0, 0.05) is 12.6 Å². The van der Waals surface area contributed by atoms with E-state index < -0.39 is 0 Å². The lowest BCUT2D eigenvalue weighted by molar-refractivity contribution is -0.117. The Kier molecular flexibility index (Phi) is 2.60. The highest BCUT2D eigenvalue weighted by Crippen LogP contribution is 2.31. The van der Waals surface area contributed by atoms with Crippen molar-refractivity contribution in [2.45, 2.75) is 6.42 Å². The molecule has 1 aromatic carbocycles. The third-order valence-corrected chi connectivity index (χ3v) is 2.55. The SMILES string of the molecule is COc1ccc2c(c1)N(CCO)C(=O)C2. The number of amides is 1. The maximum absolute atomic E-state index is 11.6. The van der Waals surface area contributed by atoms with Crippen molar-refractivity contribution in [1.82, 2.24) is 0 Å². The Bertz CT molecular complexity index is 389. The number of nitrogens with zero attached hydrogens (tertiary/aromatic N) is 1. The molecule has 0 radical (unpaired) electrons. The van der Waals surface area contributed by atoms with Gasteiger partial charge in [0.05, 0.1) is 25.8 Å². The van der Waals surface area contributed by atoms with Gasteiger partial charge < -0.3 is 14.7 Å². The zero-order chi connectivity index (χ0) is 10.8. The van der Waals surface area contributed by atoms with Crippen LogP contribution in [-0.2, 0) is 11.2 Å². The number of aliphatic hydroxyl groups is 1. The summed E-state index contributed by atoms with van der Waals surface area (Å²) in [6.45, 7) is 0.321. The third kappa shape index (κ3) is 1.68. The van der Waals surface area contributed by atoms with Crippen LogP contribution in [0.15, 0.2) is 18.2 Å². The summed E-state index contributed by atoms with van der Waals surface area (Å²) in [4.78, 5) is 13.2. The van der Waals surface area contributed by atoms with Crippen LogP contribution in [-0.4, -0.2) is 31.3 Å². The number of rotatable bonds is 3. The van der Waals surface area contributed by atoms with Crippen LogP contribution in [0.2, 0.25) is 0 Å². The maximum Gasteiger partial charge on any atom is 0.231 e. The lowest BCUT2D eigenvalue weighted by Crippen LogP contribution is -2.29. The highest BCUT2D eigenvalue weighted by Gasteiger charge is 2.26. The van der Waals surface area contributed by atoms with Crippen LogP contribution in [0.3, 0.4) is 0 Å². The molecule has 80 valence electrons. The van der Waals surface area contributed by atoms with E-state index >= 15 is 0 Å². The summed E-state index contributed by atoms with van der Waals surface area (Å²) in [5, 5.41) is 8.87. The van der Waals surface area contributed by atoms with Gasteiger partial charge in [0.25, 0.3) is 0 Å². The van der Waals surface area contributed by atoms with Crippen LogP contribution >= 0.6 is 0 Å². The summed E-state index contributed by atoms with van der Waals surface area (Å²) in [6.07, 6.45) is 0.416. The van der Waals surface area contributed by atoms with E-state index in [1.807, 2.05) is 18.2 Å². The molecule has 1 heterocycles. The Hall–Kier alpha value is -1.55. The van der Waals surface area contributed by atoms with Crippen LogP contribution in [0.4, 0.5) is 5.69 Å². The molecular weight excluding hydrogens is 194 g/mol. The molecule has 0 saturated carbocycles. The van der Waals surface area contributed by atoms with Crippen molar-refractivity contribution in [1.29, 1.82) is 0 Å². The smallest absolute Gasteiger partial charge is 0.231 e. The molecule has 4 heteroatoms. The fourth-order valence-electron chi connectivity index (χ4n) is 1.81. The van der Waals surface area contributed by atoms with E-state index in [1.54, 1.807) is 12.0 Å². The number of hydrogen-bond donors (Lipinski definition) is 1.